The van der Waals surface area contributed by atoms with Gasteiger partial charge in [-0.25, -0.2) is 4.39 Å². The van der Waals surface area contributed by atoms with Crippen molar-refractivity contribution in [3.63, 3.8) is 0 Å². The number of pyridine rings is 1. The van der Waals surface area contributed by atoms with E-state index in [1.54, 1.807) is 0 Å². The summed E-state index contributed by atoms with van der Waals surface area (Å²) in [6, 6.07) is 9.57. The van der Waals surface area contributed by atoms with Gasteiger partial charge in [0.2, 0.25) is 0 Å². The Labute approximate surface area is 152 Å². The summed E-state index contributed by atoms with van der Waals surface area (Å²) in [4.78, 5) is 12.5. The summed E-state index contributed by atoms with van der Waals surface area (Å²) in [5.41, 5.74) is 1.35. The SMILES string of the molecule is O=C(NCCCc1nnc2ccccn12)c1cc(F)ccc1-n1cnnn1. The maximum atomic E-state index is 13.6. The molecule has 1 N–H and O–H groups in total. The Morgan fingerprint density at radius 2 is 2.11 bits per heavy atom. The van der Waals surface area contributed by atoms with Crippen LogP contribution in [0, 0.1) is 5.82 Å². The van der Waals surface area contributed by atoms with Gasteiger partial charge in [-0.1, -0.05) is 6.07 Å². The van der Waals surface area contributed by atoms with Crippen molar-refractivity contribution in [1.82, 2.24) is 40.1 Å². The molecule has 9 nitrogen and oxygen atoms in total. The predicted molar refractivity (Wildman–Crippen MR) is 92.8 cm³/mol. The Balaban J connectivity index is 1.41. The van der Waals surface area contributed by atoms with Gasteiger partial charge in [-0.2, -0.15) is 4.68 Å². The highest BCUT2D eigenvalue weighted by Crippen LogP contribution is 2.15. The number of carbonyl (C=O) groups is 1. The minimum absolute atomic E-state index is 0.162. The molecule has 3 aromatic heterocycles. The van der Waals surface area contributed by atoms with Crippen LogP contribution in [0.15, 0.2) is 48.9 Å². The Morgan fingerprint density at radius 1 is 1.19 bits per heavy atom. The minimum atomic E-state index is -0.507. The van der Waals surface area contributed by atoms with Gasteiger partial charge in [0.15, 0.2) is 5.65 Å². The molecule has 0 aliphatic heterocycles. The van der Waals surface area contributed by atoms with Gasteiger partial charge in [0.25, 0.3) is 5.91 Å². The summed E-state index contributed by atoms with van der Waals surface area (Å²) in [6.07, 6.45) is 4.56. The van der Waals surface area contributed by atoms with Gasteiger partial charge in [0.05, 0.1) is 11.3 Å². The molecule has 1 amide bonds. The third-order valence-electron chi connectivity index (χ3n) is 4.05. The van der Waals surface area contributed by atoms with Crippen LogP contribution in [0.3, 0.4) is 0 Å². The van der Waals surface area contributed by atoms with E-state index >= 15 is 0 Å². The van der Waals surface area contributed by atoms with Crippen molar-refractivity contribution in [3.8, 4) is 5.69 Å². The first-order chi connectivity index (χ1) is 13.2. The van der Waals surface area contributed by atoms with E-state index in [0.717, 1.165) is 11.5 Å². The van der Waals surface area contributed by atoms with Gasteiger partial charge < -0.3 is 5.32 Å². The number of halogens is 1. The smallest absolute Gasteiger partial charge is 0.253 e. The number of nitrogens with zero attached hydrogens (tertiary/aromatic N) is 7. The Kier molecular flexibility index (Phi) is 4.52. The van der Waals surface area contributed by atoms with Crippen LogP contribution in [-0.2, 0) is 6.42 Å². The van der Waals surface area contributed by atoms with Crippen LogP contribution in [0.2, 0.25) is 0 Å². The lowest BCUT2D eigenvalue weighted by molar-refractivity contribution is 0.0952. The Bertz CT molecular complexity index is 1080. The van der Waals surface area contributed by atoms with E-state index in [2.05, 4.69) is 31.0 Å². The van der Waals surface area contributed by atoms with E-state index in [9.17, 15) is 9.18 Å². The molecule has 4 aromatic rings. The molecule has 4 rings (SSSR count). The summed E-state index contributed by atoms with van der Waals surface area (Å²) in [5, 5.41) is 21.9. The molecule has 0 radical (unpaired) electrons. The van der Waals surface area contributed by atoms with Crippen molar-refractivity contribution in [2.75, 3.05) is 6.54 Å². The molecule has 27 heavy (non-hydrogen) atoms. The molecule has 136 valence electrons. The van der Waals surface area contributed by atoms with Gasteiger partial charge in [-0.05, 0) is 47.2 Å². The van der Waals surface area contributed by atoms with Crippen molar-refractivity contribution in [2.24, 2.45) is 0 Å². The van der Waals surface area contributed by atoms with Crippen LogP contribution in [0.5, 0.6) is 0 Å². The first-order valence-electron chi connectivity index (χ1n) is 8.32. The van der Waals surface area contributed by atoms with Gasteiger partial charge in [-0.3, -0.25) is 9.20 Å². The van der Waals surface area contributed by atoms with Crippen LogP contribution in [0.4, 0.5) is 4.39 Å². The number of carbonyl (C=O) groups excluding carboxylic acids is 1. The summed E-state index contributed by atoms with van der Waals surface area (Å²) in [5.74, 6) is -0.0852. The molecule has 0 unspecified atom stereocenters. The second-order valence-electron chi connectivity index (χ2n) is 5.82. The molecule has 0 aliphatic rings. The number of nitrogens with one attached hydrogen (secondary N) is 1. The van der Waals surface area contributed by atoms with E-state index in [0.29, 0.717) is 25.1 Å². The summed E-state index contributed by atoms with van der Waals surface area (Å²) in [6.45, 7) is 0.409. The number of tetrazole rings is 1. The highest BCUT2D eigenvalue weighted by molar-refractivity contribution is 5.97. The molecular formula is C17H15FN8O. The van der Waals surface area contributed by atoms with E-state index < -0.39 is 11.7 Å². The zero-order chi connectivity index (χ0) is 18.6. The number of amides is 1. The molecule has 0 fully saturated rings. The van der Waals surface area contributed by atoms with Gasteiger partial charge in [0, 0.05) is 19.2 Å². The second kappa shape index (κ2) is 7.28. The normalized spacial score (nSPS) is 11.0. The van der Waals surface area contributed by atoms with Gasteiger partial charge in [0.1, 0.15) is 18.0 Å². The van der Waals surface area contributed by atoms with Gasteiger partial charge in [-0.15, -0.1) is 15.3 Å². The lowest BCUT2D eigenvalue weighted by Crippen LogP contribution is -2.26. The van der Waals surface area contributed by atoms with Crippen LogP contribution < -0.4 is 5.32 Å². The highest BCUT2D eigenvalue weighted by Gasteiger charge is 2.15. The van der Waals surface area contributed by atoms with Crippen molar-refractivity contribution in [1.29, 1.82) is 0 Å². The van der Waals surface area contributed by atoms with Gasteiger partial charge >= 0.3 is 0 Å². The third kappa shape index (κ3) is 3.50. The second-order valence-corrected chi connectivity index (χ2v) is 5.82. The maximum absolute atomic E-state index is 13.6. The first kappa shape index (κ1) is 16.8. The molecule has 0 aliphatic carbocycles. The van der Waals surface area contributed by atoms with E-state index in [1.807, 2.05) is 28.8 Å². The standard InChI is InChI=1S/C17H15FN8O/c18-12-6-7-14(26-11-20-23-24-26)13(10-12)17(27)19-8-3-5-16-22-21-15-4-1-2-9-25(15)16/h1-2,4,6-7,9-11H,3,5,8H2,(H,19,27). The molecule has 10 heteroatoms. The molecule has 1 aromatic carbocycles. The molecule has 0 saturated carbocycles. The number of aromatic nitrogens is 7. The average molecular weight is 366 g/mol. The molecule has 0 bridgehead atoms. The fourth-order valence-corrected chi connectivity index (χ4v) is 2.77. The lowest BCUT2D eigenvalue weighted by atomic mass is 10.1. The van der Waals surface area contributed by atoms with E-state index in [4.69, 9.17) is 0 Å². The fourth-order valence-electron chi connectivity index (χ4n) is 2.77. The summed E-state index contributed by atoms with van der Waals surface area (Å²) in [7, 11) is 0. The fraction of sp³-hybridized carbons (Fsp3) is 0.176. The van der Waals surface area contributed by atoms with E-state index in [1.165, 1.54) is 29.2 Å². The van der Waals surface area contributed by atoms with Crippen molar-refractivity contribution >= 4 is 11.6 Å². The lowest BCUT2D eigenvalue weighted by Gasteiger charge is -2.09. The zero-order valence-electron chi connectivity index (χ0n) is 14.2. The zero-order valence-corrected chi connectivity index (χ0v) is 14.2. The average Bonchev–Trinajstić information content (AvgIpc) is 3.35. The van der Waals surface area contributed by atoms with Crippen molar-refractivity contribution < 1.29 is 9.18 Å². The molecule has 0 saturated heterocycles. The van der Waals surface area contributed by atoms with Crippen molar-refractivity contribution in [2.45, 2.75) is 12.8 Å². The first-order valence-corrected chi connectivity index (χ1v) is 8.32. The quantitative estimate of drug-likeness (QED) is 0.515. The third-order valence-corrected chi connectivity index (χ3v) is 4.05. The number of hydrogen-bond donors (Lipinski definition) is 1. The Morgan fingerprint density at radius 3 is 2.96 bits per heavy atom. The van der Waals surface area contributed by atoms with Crippen molar-refractivity contribution in [3.05, 3.63) is 66.1 Å². The topological polar surface area (TPSA) is 103 Å². The highest BCUT2D eigenvalue weighted by atomic mass is 19.1. The van der Waals surface area contributed by atoms with Crippen LogP contribution in [0.1, 0.15) is 22.6 Å². The number of fused-ring (bicyclic) bond motifs is 1. The number of aryl methyl sites for hydroxylation is 1. The molecular weight excluding hydrogens is 351 g/mol. The number of hydrogen-bond acceptors (Lipinski definition) is 6. The summed E-state index contributed by atoms with van der Waals surface area (Å²) >= 11 is 0. The molecule has 3 heterocycles. The minimum Gasteiger partial charge on any atom is -0.352 e. The Hall–Kier alpha value is -3.69. The number of benzene rings is 1. The van der Waals surface area contributed by atoms with Crippen LogP contribution in [0.25, 0.3) is 11.3 Å². The molecule has 0 spiro atoms. The monoisotopic (exact) mass is 366 g/mol. The van der Waals surface area contributed by atoms with Crippen LogP contribution >= 0.6 is 0 Å². The predicted octanol–water partition coefficient (Wildman–Crippen LogP) is 1.21. The summed E-state index contributed by atoms with van der Waals surface area (Å²) < 4.78 is 16.8. The largest absolute Gasteiger partial charge is 0.352 e. The molecule has 0 atom stereocenters. The van der Waals surface area contributed by atoms with E-state index in [-0.39, 0.29) is 5.56 Å². The van der Waals surface area contributed by atoms with Crippen LogP contribution in [-0.4, -0.2) is 47.3 Å². The number of rotatable bonds is 6. The maximum Gasteiger partial charge on any atom is 0.253 e.